The number of carbonyl (C=O) groups excluding carboxylic acids is 1. The molecule has 1 N–H and O–H groups in total. The summed E-state index contributed by atoms with van der Waals surface area (Å²) in [5.74, 6) is 0.204. The van der Waals surface area contributed by atoms with Crippen molar-refractivity contribution >= 4 is 5.91 Å². The van der Waals surface area contributed by atoms with Crippen LogP contribution >= 0.6 is 0 Å². The van der Waals surface area contributed by atoms with Crippen LogP contribution in [0.5, 0.6) is 0 Å². The van der Waals surface area contributed by atoms with Gasteiger partial charge in [-0.25, -0.2) is 0 Å². The average Bonchev–Trinajstić information content (AvgIpc) is 2.70. The fourth-order valence-electron chi connectivity index (χ4n) is 2.50. The zero-order valence-electron chi connectivity index (χ0n) is 12.6. The van der Waals surface area contributed by atoms with Gasteiger partial charge < -0.3 is 10.2 Å². The van der Waals surface area contributed by atoms with E-state index in [1.807, 2.05) is 24.1 Å². The van der Waals surface area contributed by atoms with Crippen molar-refractivity contribution in [1.29, 1.82) is 0 Å². The van der Waals surface area contributed by atoms with Gasteiger partial charge in [0, 0.05) is 26.7 Å². The molecule has 20 heavy (non-hydrogen) atoms. The number of nitrogens with one attached hydrogen (secondary N) is 1. The first-order chi connectivity index (χ1) is 9.66. The van der Waals surface area contributed by atoms with Gasteiger partial charge in [-0.15, -0.1) is 0 Å². The molecule has 0 bridgehead atoms. The predicted molar refractivity (Wildman–Crippen MR) is 81.6 cm³/mol. The van der Waals surface area contributed by atoms with E-state index >= 15 is 0 Å². The first kappa shape index (κ1) is 15.0. The molecular formula is C16H25N3O. The van der Waals surface area contributed by atoms with E-state index < -0.39 is 0 Å². The molecule has 0 aromatic heterocycles. The molecule has 1 aromatic rings. The smallest absolute Gasteiger partial charge is 0.236 e. The Balaban J connectivity index is 1.87. The molecule has 1 heterocycles. The molecule has 0 aliphatic carbocycles. The van der Waals surface area contributed by atoms with Gasteiger partial charge in [0.1, 0.15) is 0 Å². The van der Waals surface area contributed by atoms with E-state index in [9.17, 15) is 4.79 Å². The summed E-state index contributed by atoms with van der Waals surface area (Å²) in [5.41, 5.74) is 2.46. The third-order valence-corrected chi connectivity index (χ3v) is 3.89. The number of hydrogen-bond donors (Lipinski definition) is 1. The molecule has 110 valence electrons. The van der Waals surface area contributed by atoms with E-state index in [-0.39, 0.29) is 5.91 Å². The second-order valence-corrected chi connectivity index (χ2v) is 5.56. The van der Waals surface area contributed by atoms with E-state index in [4.69, 9.17) is 0 Å². The number of benzene rings is 1. The summed E-state index contributed by atoms with van der Waals surface area (Å²) in [4.78, 5) is 16.4. The van der Waals surface area contributed by atoms with Crippen LogP contribution in [0.25, 0.3) is 0 Å². The molecule has 0 radical (unpaired) electrons. The standard InChI is InChI=1S/C16H25N3O/c1-14-6-3-4-7-15(14)12-18(2)16(20)13-19-10-5-8-17-9-11-19/h3-4,6-7,17H,5,8-13H2,1-2H3. The third-order valence-electron chi connectivity index (χ3n) is 3.89. The van der Waals surface area contributed by atoms with Gasteiger partial charge in [0.15, 0.2) is 0 Å². The van der Waals surface area contributed by atoms with Gasteiger partial charge in [0.25, 0.3) is 0 Å². The Bertz CT molecular complexity index is 439. The summed E-state index contributed by atoms with van der Waals surface area (Å²) in [5, 5.41) is 3.36. The van der Waals surface area contributed by atoms with Crippen LogP contribution in [0.4, 0.5) is 0 Å². The van der Waals surface area contributed by atoms with E-state index in [0.29, 0.717) is 13.1 Å². The molecule has 1 fully saturated rings. The summed E-state index contributed by atoms with van der Waals surface area (Å²) in [7, 11) is 1.89. The number of likely N-dealkylation sites (N-methyl/N-ethyl adjacent to an activating group) is 1. The number of carbonyl (C=O) groups is 1. The molecule has 0 saturated carbocycles. The zero-order valence-corrected chi connectivity index (χ0v) is 12.6. The Morgan fingerprint density at radius 3 is 2.90 bits per heavy atom. The number of amides is 1. The Labute approximate surface area is 121 Å². The average molecular weight is 275 g/mol. The lowest BCUT2D eigenvalue weighted by molar-refractivity contribution is -0.131. The lowest BCUT2D eigenvalue weighted by Crippen LogP contribution is -2.39. The monoisotopic (exact) mass is 275 g/mol. The summed E-state index contributed by atoms with van der Waals surface area (Å²) < 4.78 is 0. The highest BCUT2D eigenvalue weighted by atomic mass is 16.2. The van der Waals surface area contributed by atoms with Crippen LogP contribution in [-0.4, -0.2) is 55.5 Å². The zero-order chi connectivity index (χ0) is 14.4. The summed E-state index contributed by atoms with van der Waals surface area (Å²) in [6.07, 6.45) is 1.12. The number of rotatable bonds is 4. The van der Waals surface area contributed by atoms with Crippen molar-refractivity contribution in [2.24, 2.45) is 0 Å². The maximum Gasteiger partial charge on any atom is 0.236 e. The highest BCUT2D eigenvalue weighted by molar-refractivity contribution is 5.78. The van der Waals surface area contributed by atoms with Crippen LogP contribution in [0, 0.1) is 6.92 Å². The Morgan fingerprint density at radius 1 is 1.30 bits per heavy atom. The quantitative estimate of drug-likeness (QED) is 0.898. The number of nitrogens with zero attached hydrogens (tertiary/aromatic N) is 2. The molecule has 1 aliphatic rings. The Kier molecular flexibility index (Phi) is 5.56. The van der Waals surface area contributed by atoms with Crippen molar-refractivity contribution in [3.8, 4) is 0 Å². The van der Waals surface area contributed by atoms with Crippen LogP contribution in [-0.2, 0) is 11.3 Å². The lowest BCUT2D eigenvalue weighted by atomic mass is 10.1. The van der Waals surface area contributed by atoms with Crippen molar-refractivity contribution in [2.75, 3.05) is 39.8 Å². The van der Waals surface area contributed by atoms with Gasteiger partial charge in [-0.1, -0.05) is 24.3 Å². The highest BCUT2D eigenvalue weighted by Gasteiger charge is 2.16. The minimum Gasteiger partial charge on any atom is -0.340 e. The van der Waals surface area contributed by atoms with Crippen molar-refractivity contribution in [2.45, 2.75) is 19.9 Å². The Hall–Kier alpha value is -1.39. The Morgan fingerprint density at radius 2 is 2.10 bits per heavy atom. The fourth-order valence-corrected chi connectivity index (χ4v) is 2.50. The molecular weight excluding hydrogens is 250 g/mol. The second kappa shape index (κ2) is 7.41. The SMILES string of the molecule is Cc1ccccc1CN(C)C(=O)CN1CCCNCC1. The molecule has 0 atom stereocenters. The third kappa shape index (κ3) is 4.32. The molecule has 1 aliphatic heterocycles. The minimum atomic E-state index is 0.204. The molecule has 1 amide bonds. The van der Waals surface area contributed by atoms with E-state index in [0.717, 1.165) is 32.6 Å². The van der Waals surface area contributed by atoms with Crippen LogP contribution in [0.15, 0.2) is 24.3 Å². The minimum absolute atomic E-state index is 0.204. The van der Waals surface area contributed by atoms with Crippen LogP contribution < -0.4 is 5.32 Å². The highest BCUT2D eigenvalue weighted by Crippen LogP contribution is 2.10. The van der Waals surface area contributed by atoms with Gasteiger partial charge in [-0.3, -0.25) is 9.69 Å². The van der Waals surface area contributed by atoms with Gasteiger partial charge in [0.2, 0.25) is 5.91 Å². The van der Waals surface area contributed by atoms with E-state index in [2.05, 4.69) is 29.3 Å². The first-order valence-electron chi connectivity index (χ1n) is 7.38. The maximum atomic E-state index is 12.3. The molecule has 1 aromatic carbocycles. The molecule has 0 spiro atoms. The van der Waals surface area contributed by atoms with Crippen LogP contribution in [0.2, 0.25) is 0 Å². The van der Waals surface area contributed by atoms with Gasteiger partial charge in [-0.05, 0) is 37.6 Å². The second-order valence-electron chi connectivity index (χ2n) is 5.56. The topological polar surface area (TPSA) is 35.6 Å². The van der Waals surface area contributed by atoms with Crippen LogP contribution in [0.1, 0.15) is 17.5 Å². The summed E-state index contributed by atoms with van der Waals surface area (Å²) >= 11 is 0. The normalized spacial score (nSPS) is 16.7. The van der Waals surface area contributed by atoms with E-state index in [1.165, 1.54) is 11.1 Å². The van der Waals surface area contributed by atoms with Gasteiger partial charge >= 0.3 is 0 Å². The molecule has 4 heteroatoms. The van der Waals surface area contributed by atoms with Gasteiger partial charge in [0.05, 0.1) is 6.54 Å². The summed E-state index contributed by atoms with van der Waals surface area (Å²) in [6.45, 7) is 7.33. The maximum absolute atomic E-state index is 12.3. The van der Waals surface area contributed by atoms with Gasteiger partial charge in [-0.2, -0.15) is 0 Å². The molecule has 0 unspecified atom stereocenters. The predicted octanol–water partition coefficient (Wildman–Crippen LogP) is 1.25. The summed E-state index contributed by atoms with van der Waals surface area (Å²) in [6, 6.07) is 8.25. The largest absolute Gasteiger partial charge is 0.340 e. The van der Waals surface area contributed by atoms with Crippen molar-refractivity contribution in [3.63, 3.8) is 0 Å². The number of hydrogen-bond acceptors (Lipinski definition) is 3. The van der Waals surface area contributed by atoms with Crippen molar-refractivity contribution in [1.82, 2.24) is 15.1 Å². The number of aryl methyl sites for hydroxylation is 1. The van der Waals surface area contributed by atoms with Crippen LogP contribution in [0.3, 0.4) is 0 Å². The molecule has 4 nitrogen and oxygen atoms in total. The lowest BCUT2D eigenvalue weighted by Gasteiger charge is -2.24. The van der Waals surface area contributed by atoms with Crippen molar-refractivity contribution in [3.05, 3.63) is 35.4 Å². The first-order valence-corrected chi connectivity index (χ1v) is 7.38. The van der Waals surface area contributed by atoms with Crippen molar-refractivity contribution < 1.29 is 4.79 Å². The fraction of sp³-hybridized carbons (Fsp3) is 0.562. The van der Waals surface area contributed by atoms with E-state index in [1.54, 1.807) is 0 Å². The molecule has 1 saturated heterocycles. The molecule has 2 rings (SSSR count).